The number of benzene rings is 2. The zero-order valence-electron chi connectivity index (χ0n) is 31.7. The molecule has 3 heterocycles. The highest BCUT2D eigenvalue weighted by molar-refractivity contribution is 7.90. The Balaban J connectivity index is 0.000000265. The number of alkyl halides is 3. The molecule has 0 aliphatic heterocycles. The second kappa shape index (κ2) is 19.1. The minimum absolute atomic E-state index is 0.0299. The summed E-state index contributed by atoms with van der Waals surface area (Å²) in [6.45, 7) is 2.81. The summed E-state index contributed by atoms with van der Waals surface area (Å²) in [5, 5.41) is 28.0. The number of esters is 2. The molecule has 0 fully saturated rings. The van der Waals surface area contributed by atoms with Gasteiger partial charge < -0.3 is 23.7 Å². The van der Waals surface area contributed by atoms with Gasteiger partial charge in [0.1, 0.15) is 17.1 Å². The van der Waals surface area contributed by atoms with Gasteiger partial charge in [-0.15, -0.1) is 10.2 Å². The van der Waals surface area contributed by atoms with E-state index in [0.29, 0.717) is 6.07 Å². The van der Waals surface area contributed by atoms with Gasteiger partial charge in [-0.1, -0.05) is 11.6 Å². The van der Waals surface area contributed by atoms with Crippen molar-refractivity contribution in [3.05, 3.63) is 74.9 Å². The number of anilines is 1. The molecular weight excluding hydrogens is 855 g/mol. The summed E-state index contributed by atoms with van der Waals surface area (Å²) in [5.41, 5.74) is -2.10. The van der Waals surface area contributed by atoms with Crippen LogP contribution >= 0.6 is 11.6 Å². The Kier molecular flexibility index (Phi) is 14.5. The normalized spacial score (nSPS) is 11.6. The number of hydrogen-bond acceptors (Lipinski definition) is 18. The molecule has 3 aromatic heterocycles. The number of urea groups is 1. The van der Waals surface area contributed by atoms with Gasteiger partial charge in [0.2, 0.25) is 23.5 Å². The van der Waals surface area contributed by atoms with Gasteiger partial charge in [-0.3, -0.25) is 20.1 Å². The van der Waals surface area contributed by atoms with Crippen LogP contribution in [0.1, 0.15) is 29.8 Å². The van der Waals surface area contributed by atoms with E-state index in [-0.39, 0.29) is 57.3 Å². The van der Waals surface area contributed by atoms with Crippen LogP contribution in [0, 0.1) is 10.1 Å². The number of methoxy groups -OCH3 is 2. The number of halogens is 4. The SMILES string of the molecule is CCOC(=O)C(C)OC(=O)c1cc(Oc2ccc(C(F)(F)F)cc2Cl)ccc1[N+](=O)[O-].COc1cc(OC)nc(NC(=O)NS(=O)(=O)c2c(-c3nnn(C)n3)cnn2C)n1. The molecule has 0 spiro atoms. The number of rotatable bonds is 13. The van der Waals surface area contributed by atoms with Crippen LogP contribution in [0.15, 0.2) is 53.7 Å². The molecule has 0 saturated heterocycles. The van der Waals surface area contributed by atoms with E-state index in [2.05, 4.69) is 35.8 Å². The van der Waals surface area contributed by atoms with Crippen LogP contribution in [0.5, 0.6) is 23.3 Å². The molecular formula is C32H31ClF3N11O12S. The van der Waals surface area contributed by atoms with Crippen LogP contribution in [-0.4, -0.2) is 98.2 Å². The first kappa shape index (κ1) is 45.5. The first-order chi connectivity index (χ1) is 28.2. The highest BCUT2D eigenvalue weighted by Gasteiger charge is 2.32. The van der Waals surface area contributed by atoms with Gasteiger partial charge in [0.05, 0.1) is 61.2 Å². The summed E-state index contributed by atoms with van der Waals surface area (Å²) in [6.07, 6.45) is -4.69. The number of nitrogens with zero attached hydrogens (tertiary/aromatic N) is 9. The number of nitrogens with one attached hydrogen (secondary N) is 2. The van der Waals surface area contributed by atoms with E-state index in [1.54, 1.807) is 6.92 Å². The lowest BCUT2D eigenvalue weighted by Gasteiger charge is -2.13. The number of aryl methyl sites for hydroxylation is 2. The fourth-order valence-corrected chi connectivity index (χ4v) is 6.02. The van der Waals surface area contributed by atoms with Crippen LogP contribution in [-0.2, 0) is 44.6 Å². The number of nitro groups is 1. The highest BCUT2D eigenvalue weighted by Crippen LogP contribution is 2.37. The molecule has 1 unspecified atom stereocenters. The first-order valence-corrected chi connectivity index (χ1v) is 18.3. The Labute approximate surface area is 340 Å². The van der Waals surface area contributed by atoms with E-state index >= 15 is 0 Å². The second-order valence-electron chi connectivity index (χ2n) is 11.4. The quantitative estimate of drug-likeness (QED) is 0.0956. The Bertz CT molecular complexity index is 2500. The molecule has 2 aromatic carbocycles. The van der Waals surface area contributed by atoms with Crippen LogP contribution < -0.4 is 24.2 Å². The number of carbonyl (C=O) groups is 3. The Morgan fingerprint density at radius 2 is 1.70 bits per heavy atom. The number of hydrogen-bond donors (Lipinski definition) is 2. The molecule has 5 aromatic rings. The summed E-state index contributed by atoms with van der Waals surface area (Å²) in [5.74, 6) is -2.34. The molecule has 28 heteroatoms. The average molecular weight is 886 g/mol. The van der Waals surface area contributed by atoms with Crippen molar-refractivity contribution in [2.24, 2.45) is 14.1 Å². The van der Waals surface area contributed by atoms with Crippen LogP contribution in [0.25, 0.3) is 11.4 Å². The highest BCUT2D eigenvalue weighted by atomic mass is 35.5. The maximum Gasteiger partial charge on any atom is 0.416 e. The number of sulfonamides is 1. The van der Waals surface area contributed by atoms with Crippen molar-refractivity contribution < 1.29 is 64.6 Å². The molecule has 2 amide bonds. The van der Waals surface area contributed by atoms with Crippen molar-refractivity contribution in [3.63, 3.8) is 0 Å². The van der Waals surface area contributed by atoms with Crippen molar-refractivity contribution >= 4 is 51.2 Å². The van der Waals surface area contributed by atoms with Crippen molar-refractivity contribution in [2.45, 2.75) is 31.2 Å². The lowest BCUT2D eigenvalue weighted by Crippen LogP contribution is -2.36. The molecule has 0 aliphatic carbocycles. The predicted molar refractivity (Wildman–Crippen MR) is 197 cm³/mol. The number of carbonyl (C=O) groups excluding carboxylic acids is 3. The van der Waals surface area contributed by atoms with Crippen LogP contribution in [0.3, 0.4) is 0 Å². The molecule has 2 N–H and O–H groups in total. The Morgan fingerprint density at radius 3 is 2.25 bits per heavy atom. The summed E-state index contributed by atoms with van der Waals surface area (Å²) in [7, 11) is 1.27. The van der Waals surface area contributed by atoms with Gasteiger partial charge in [-0.25, -0.2) is 19.1 Å². The number of ether oxygens (including phenoxy) is 5. The third kappa shape index (κ3) is 11.5. The van der Waals surface area contributed by atoms with Gasteiger partial charge in [0.25, 0.3) is 15.7 Å². The summed E-state index contributed by atoms with van der Waals surface area (Å²) >= 11 is 5.83. The molecule has 320 valence electrons. The summed E-state index contributed by atoms with van der Waals surface area (Å²) in [6, 6.07) is 5.65. The second-order valence-corrected chi connectivity index (χ2v) is 13.4. The maximum absolute atomic E-state index is 12.8. The van der Waals surface area contributed by atoms with Gasteiger partial charge in [-0.05, 0) is 43.3 Å². The standard InChI is InChI=1S/C19H15ClF3NO7.C13H16N10O5S/c1-3-29-17(25)10(2)30-18(26)13-9-12(5-6-15(13)24(27)28)31-16-7-4-11(8-14(16)20)19(21,22)23;1-22-11(7(6-14-22)10-18-21-23(2)19-10)29(25,26)20-13(24)17-12-15-8(27-3)5-9(16-12)28-4/h4-10H,3H2,1-2H3;5-6H,1-4H3,(H2,15,16,17,20,24). The largest absolute Gasteiger partial charge is 0.481 e. The third-order valence-corrected chi connectivity index (χ3v) is 8.95. The zero-order valence-corrected chi connectivity index (χ0v) is 33.3. The molecule has 0 saturated carbocycles. The van der Waals surface area contributed by atoms with E-state index in [1.807, 2.05) is 4.72 Å². The van der Waals surface area contributed by atoms with Crippen molar-refractivity contribution in [1.82, 2.24) is 44.7 Å². The number of tetrazole rings is 1. The molecule has 0 aliphatic rings. The van der Waals surface area contributed by atoms with Crippen molar-refractivity contribution in [2.75, 3.05) is 26.1 Å². The third-order valence-electron chi connectivity index (χ3n) is 7.21. The van der Waals surface area contributed by atoms with E-state index in [4.69, 9.17) is 35.3 Å². The topological polar surface area (TPSA) is 286 Å². The monoisotopic (exact) mass is 885 g/mol. The lowest BCUT2D eigenvalue weighted by molar-refractivity contribution is -0.385. The molecule has 1 atom stereocenters. The fourth-order valence-electron chi connectivity index (χ4n) is 4.58. The van der Waals surface area contributed by atoms with Gasteiger partial charge in [-0.2, -0.15) is 41.5 Å². The van der Waals surface area contributed by atoms with Crippen molar-refractivity contribution in [3.8, 4) is 34.6 Å². The van der Waals surface area contributed by atoms with E-state index in [0.717, 1.165) is 39.8 Å². The van der Waals surface area contributed by atoms with Gasteiger partial charge in [0, 0.05) is 19.2 Å². The molecule has 5 rings (SSSR count). The average Bonchev–Trinajstić information content (AvgIpc) is 3.80. The predicted octanol–water partition coefficient (Wildman–Crippen LogP) is 4.10. The maximum atomic E-state index is 12.8. The number of aromatic nitrogens is 8. The minimum atomic E-state index is -4.61. The molecule has 23 nitrogen and oxygen atoms in total. The van der Waals surface area contributed by atoms with E-state index in [9.17, 15) is 46.1 Å². The lowest BCUT2D eigenvalue weighted by atomic mass is 10.1. The van der Waals surface area contributed by atoms with E-state index < -0.39 is 62.0 Å². The van der Waals surface area contributed by atoms with Crippen molar-refractivity contribution in [1.29, 1.82) is 0 Å². The van der Waals surface area contributed by atoms with E-state index in [1.165, 1.54) is 47.5 Å². The smallest absolute Gasteiger partial charge is 0.416 e. The van der Waals surface area contributed by atoms with Gasteiger partial charge >= 0.3 is 24.1 Å². The zero-order chi connectivity index (χ0) is 44.5. The Morgan fingerprint density at radius 1 is 1.03 bits per heavy atom. The minimum Gasteiger partial charge on any atom is -0.481 e. The molecule has 60 heavy (non-hydrogen) atoms. The number of nitro benzene ring substituents is 1. The Hall–Kier alpha value is -7.16. The summed E-state index contributed by atoms with van der Waals surface area (Å²) < 4.78 is 91.6. The van der Waals surface area contributed by atoms with Crippen LogP contribution in [0.2, 0.25) is 5.02 Å². The fraction of sp³-hybridized carbons (Fsp3) is 0.281. The molecule has 0 bridgehead atoms. The molecule has 0 radical (unpaired) electrons. The van der Waals surface area contributed by atoms with Crippen LogP contribution in [0.4, 0.5) is 29.6 Å². The summed E-state index contributed by atoms with van der Waals surface area (Å²) in [4.78, 5) is 55.6. The van der Waals surface area contributed by atoms with Gasteiger partial charge in [0.15, 0.2) is 11.1 Å². The first-order valence-electron chi connectivity index (χ1n) is 16.4. The number of amides is 2.